The molecule has 1 saturated heterocycles. The lowest BCUT2D eigenvalue weighted by Gasteiger charge is -2.38. The maximum Gasteiger partial charge on any atom is 0.252 e. The van der Waals surface area contributed by atoms with Gasteiger partial charge in [0.15, 0.2) is 11.5 Å². The highest BCUT2D eigenvalue weighted by molar-refractivity contribution is 7.09. The predicted octanol–water partition coefficient (Wildman–Crippen LogP) is 2.46. The molecule has 2 aliphatic rings. The van der Waals surface area contributed by atoms with Crippen LogP contribution < -0.4 is 5.32 Å². The molecule has 0 radical (unpaired) electrons. The maximum absolute atomic E-state index is 12.7. The largest absolute Gasteiger partial charge is 0.352 e. The van der Waals surface area contributed by atoms with Gasteiger partial charge >= 0.3 is 0 Å². The van der Waals surface area contributed by atoms with Crippen LogP contribution in [0, 0.1) is 5.92 Å². The third-order valence-corrected chi connectivity index (χ3v) is 7.11. The van der Waals surface area contributed by atoms with Gasteiger partial charge in [-0.3, -0.25) is 19.0 Å². The molecule has 2 fully saturated rings. The van der Waals surface area contributed by atoms with E-state index >= 15 is 0 Å². The van der Waals surface area contributed by atoms with Gasteiger partial charge in [0.2, 0.25) is 0 Å². The molecule has 0 bridgehead atoms. The van der Waals surface area contributed by atoms with E-state index in [0.717, 1.165) is 43.4 Å². The van der Waals surface area contributed by atoms with Gasteiger partial charge in [0.05, 0.1) is 11.6 Å². The van der Waals surface area contributed by atoms with Crippen LogP contribution in [0.25, 0.3) is 5.65 Å². The summed E-state index contributed by atoms with van der Waals surface area (Å²) in [6, 6.07) is 8.04. The molecule has 5 rings (SSSR count). The molecular formula is C22H28N6OS. The number of likely N-dealkylation sites (N-methyl/N-ethyl adjacent to an activating group) is 1. The van der Waals surface area contributed by atoms with Crippen molar-refractivity contribution in [2.24, 2.45) is 5.92 Å². The fraction of sp³-hybridized carbons (Fsp3) is 0.500. The van der Waals surface area contributed by atoms with E-state index in [1.54, 1.807) is 11.3 Å². The van der Waals surface area contributed by atoms with E-state index in [4.69, 9.17) is 0 Å². The van der Waals surface area contributed by atoms with Crippen molar-refractivity contribution in [3.8, 4) is 0 Å². The summed E-state index contributed by atoms with van der Waals surface area (Å²) in [5.74, 6) is 1.75. The molecule has 0 aromatic carbocycles. The minimum absolute atomic E-state index is 0.0551. The van der Waals surface area contributed by atoms with Crippen molar-refractivity contribution in [2.45, 2.75) is 25.3 Å². The average molecular weight is 425 g/mol. The third kappa shape index (κ3) is 4.26. The molecule has 1 aliphatic heterocycles. The Hall–Kier alpha value is -2.29. The number of nitrogens with zero attached hydrogens (tertiary/aromatic N) is 5. The van der Waals surface area contributed by atoms with Gasteiger partial charge in [-0.05, 0) is 55.8 Å². The van der Waals surface area contributed by atoms with E-state index in [1.165, 1.54) is 24.3 Å². The van der Waals surface area contributed by atoms with Crippen molar-refractivity contribution in [3.05, 3.63) is 52.1 Å². The standard InChI is InChI=1S/C22H28N6OS/c1-26-10-11-27(13-16-4-5-16)15-19(26)21-25-24-20-7-6-17(14-28(20)21)22(29)23-9-8-18-3-2-12-30-18/h2-3,6-7,12,14,16,19H,4-5,8-11,13,15H2,1H3,(H,23,29). The zero-order chi connectivity index (χ0) is 20.5. The van der Waals surface area contributed by atoms with Crippen molar-refractivity contribution in [2.75, 3.05) is 39.8 Å². The number of piperazine rings is 1. The summed E-state index contributed by atoms with van der Waals surface area (Å²) in [4.78, 5) is 18.9. The molecule has 1 N–H and O–H groups in total. The molecule has 8 heteroatoms. The minimum atomic E-state index is -0.0551. The van der Waals surface area contributed by atoms with E-state index in [0.29, 0.717) is 12.1 Å². The molecule has 1 unspecified atom stereocenters. The Morgan fingerprint density at radius 3 is 2.93 bits per heavy atom. The smallest absolute Gasteiger partial charge is 0.252 e. The van der Waals surface area contributed by atoms with Gasteiger partial charge in [-0.25, -0.2) is 0 Å². The van der Waals surface area contributed by atoms with E-state index in [2.05, 4.69) is 43.8 Å². The van der Waals surface area contributed by atoms with Crippen LogP contribution in [-0.2, 0) is 6.42 Å². The van der Waals surface area contributed by atoms with Gasteiger partial charge < -0.3 is 5.32 Å². The Morgan fingerprint density at radius 1 is 1.23 bits per heavy atom. The second kappa shape index (κ2) is 8.45. The van der Waals surface area contributed by atoms with Gasteiger partial charge in [-0.1, -0.05) is 6.07 Å². The molecule has 1 amide bonds. The lowest BCUT2D eigenvalue weighted by Crippen LogP contribution is -2.47. The molecule has 3 aromatic heterocycles. The highest BCUT2D eigenvalue weighted by atomic mass is 32.1. The first kappa shape index (κ1) is 19.7. The third-order valence-electron chi connectivity index (χ3n) is 6.17. The average Bonchev–Trinajstić information content (AvgIpc) is 3.24. The molecular weight excluding hydrogens is 396 g/mol. The summed E-state index contributed by atoms with van der Waals surface area (Å²) < 4.78 is 2.00. The zero-order valence-electron chi connectivity index (χ0n) is 17.3. The van der Waals surface area contributed by atoms with E-state index < -0.39 is 0 Å². The van der Waals surface area contributed by atoms with E-state index in [-0.39, 0.29) is 11.9 Å². The number of thiophene rings is 1. The molecule has 30 heavy (non-hydrogen) atoms. The van der Waals surface area contributed by atoms with Crippen LogP contribution in [0.15, 0.2) is 35.8 Å². The highest BCUT2D eigenvalue weighted by Gasteiger charge is 2.32. The Bertz CT molecular complexity index is 1010. The van der Waals surface area contributed by atoms with Gasteiger partial charge in [0, 0.05) is 43.8 Å². The normalized spacial score (nSPS) is 20.6. The van der Waals surface area contributed by atoms with Crippen LogP contribution in [0.4, 0.5) is 0 Å². The van der Waals surface area contributed by atoms with E-state index in [9.17, 15) is 4.79 Å². The second-order valence-electron chi connectivity index (χ2n) is 8.49. The minimum Gasteiger partial charge on any atom is -0.352 e. The molecule has 4 heterocycles. The number of amides is 1. The number of carbonyl (C=O) groups excluding carboxylic acids is 1. The SMILES string of the molecule is CN1CCN(CC2CC2)CC1c1nnc2ccc(C(=O)NCCc3cccs3)cn12. The van der Waals surface area contributed by atoms with Crippen LogP contribution in [0.3, 0.4) is 0 Å². The Labute approximate surface area is 180 Å². The zero-order valence-corrected chi connectivity index (χ0v) is 18.1. The number of hydrogen-bond acceptors (Lipinski definition) is 6. The number of carbonyl (C=O) groups is 1. The monoisotopic (exact) mass is 424 g/mol. The lowest BCUT2D eigenvalue weighted by molar-refractivity contribution is 0.0869. The number of nitrogens with one attached hydrogen (secondary N) is 1. The van der Waals surface area contributed by atoms with Crippen molar-refractivity contribution in [3.63, 3.8) is 0 Å². The van der Waals surface area contributed by atoms with Crippen LogP contribution in [0.5, 0.6) is 0 Å². The first-order chi connectivity index (χ1) is 14.7. The van der Waals surface area contributed by atoms with Crippen molar-refractivity contribution >= 4 is 22.9 Å². The first-order valence-electron chi connectivity index (χ1n) is 10.8. The number of hydrogen-bond donors (Lipinski definition) is 1. The molecule has 158 valence electrons. The predicted molar refractivity (Wildman–Crippen MR) is 118 cm³/mol. The van der Waals surface area contributed by atoms with Gasteiger partial charge in [-0.2, -0.15) is 0 Å². The topological polar surface area (TPSA) is 65.8 Å². The molecule has 1 aliphatic carbocycles. The van der Waals surface area contributed by atoms with Crippen LogP contribution in [-0.4, -0.2) is 70.1 Å². The van der Waals surface area contributed by atoms with Crippen molar-refractivity contribution < 1.29 is 4.79 Å². The second-order valence-corrected chi connectivity index (χ2v) is 9.52. The Balaban J connectivity index is 1.31. The fourth-order valence-electron chi connectivity index (χ4n) is 4.17. The summed E-state index contributed by atoms with van der Waals surface area (Å²) in [6.45, 7) is 4.92. The van der Waals surface area contributed by atoms with Crippen LogP contribution in [0.2, 0.25) is 0 Å². The molecule has 7 nitrogen and oxygen atoms in total. The first-order valence-corrected chi connectivity index (χ1v) is 11.6. The summed E-state index contributed by atoms with van der Waals surface area (Å²) in [7, 11) is 2.15. The lowest BCUT2D eigenvalue weighted by atomic mass is 10.1. The summed E-state index contributed by atoms with van der Waals surface area (Å²) in [5.41, 5.74) is 1.43. The number of aromatic nitrogens is 3. The van der Waals surface area contributed by atoms with Gasteiger partial charge in [-0.15, -0.1) is 21.5 Å². The fourth-order valence-corrected chi connectivity index (χ4v) is 4.88. The van der Waals surface area contributed by atoms with Gasteiger partial charge in [0.1, 0.15) is 0 Å². The van der Waals surface area contributed by atoms with Crippen LogP contribution in [0.1, 0.15) is 39.9 Å². The summed E-state index contributed by atoms with van der Waals surface area (Å²) in [5, 5.41) is 14.0. The van der Waals surface area contributed by atoms with Crippen molar-refractivity contribution in [1.82, 2.24) is 29.7 Å². The Morgan fingerprint density at radius 2 is 2.13 bits per heavy atom. The molecule has 1 saturated carbocycles. The highest BCUT2D eigenvalue weighted by Crippen LogP contribution is 2.32. The quantitative estimate of drug-likeness (QED) is 0.631. The van der Waals surface area contributed by atoms with E-state index in [1.807, 2.05) is 28.8 Å². The Kier molecular flexibility index (Phi) is 5.54. The molecule has 3 aromatic rings. The number of pyridine rings is 1. The molecule has 0 spiro atoms. The van der Waals surface area contributed by atoms with Crippen LogP contribution >= 0.6 is 11.3 Å². The number of fused-ring (bicyclic) bond motifs is 1. The van der Waals surface area contributed by atoms with Gasteiger partial charge in [0.25, 0.3) is 5.91 Å². The van der Waals surface area contributed by atoms with Crippen molar-refractivity contribution in [1.29, 1.82) is 0 Å². The maximum atomic E-state index is 12.7. The molecule has 1 atom stereocenters. The summed E-state index contributed by atoms with van der Waals surface area (Å²) in [6.07, 6.45) is 5.48. The summed E-state index contributed by atoms with van der Waals surface area (Å²) >= 11 is 1.72. The number of rotatable bonds is 7.